The molecule has 0 fully saturated rings. The van der Waals surface area contributed by atoms with E-state index < -0.39 is 0 Å². The van der Waals surface area contributed by atoms with Crippen molar-refractivity contribution >= 4 is 5.69 Å². The number of benzene rings is 1. The van der Waals surface area contributed by atoms with Crippen LogP contribution in [0.3, 0.4) is 0 Å². The number of aromatic nitrogens is 3. The fourth-order valence-corrected chi connectivity index (χ4v) is 1.91. The zero-order valence-electron chi connectivity index (χ0n) is 13.0. The lowest BCUT2D eigenvalue weighted by molar-refractivity contribution is 0.347. The number of rotatable bonds is 4. The maximum absolute atomic E-state index is 4.21. The van der Waals surface area contributed by atoms with Crippen LogP contribution in [0.1, 0.15) is 51.8 Å². The van der Waals surface area contributed by atoms with Crippen molar-refractivity contribution in [1.29, 1.82) is 0 Å². The van der Waals surface area contributed by atoms with Gasteiger partial charge in [0.2, 0.25) is 0 Å². The minimum absolute atomic E-state index is 0.0250. The molecule has 0 spiro atoms. The van der Waals surface area contributed by atoms with Crippen molar-refractivity contribution in [2.75, 3.05) is 5.32 Å². The third-order valence-corrected chi connectivity index (χ3v) is 3.26. The fourth-order valence-electron chi connectivity index (χ4n) is 1.91. The summed E-state index contributed by atoms with van der Waals surface area (Å²) >= 11 is 0. The van der Waals surface area contributed by atoms with Crippen LogP contribution in [0, 0.1) is 0 Å². The number of anilines is 1. The molecule has 0 atom stereocenters. The summed E-state index contributed by atoms with van der Waals surface area (Å²) in [5, 5.41) is 11.8. The second kappa shape index (κ2) is 5.65. The van der Waals surface area contributed by atoms with E-state index >= 15 is 0 Å². The van der Waals surface area contributed by atoms with E-state index in [4.69, 9.17) is 0 Å². The van der Waals surface area contributed by atoms with Crippen molar-refractivity contribution < 1.29 is 0 Å². The molecule has 1 aromatic carbocycles. The Morgan fingerprint density at radius 1 is 1.25 bits per heavy atom. The molecule has 2 aromatic rings. The lowest BCUT2D eigenvalue weighted by Crippen LogP contribution is -2.22. The third-order valence-electron chi connectivity index (χ3n) is 3.26. The maximum Gasteiger partial charge on any atom is 0.102 e. The Kier molecular flexibility index (Phi) is 4.12. The summed E-state index contributed by atoms with van der Waals surface area (Å²) in [7, 11) is 0. The zero-order valence-corrected chi connectivity index (χ0v) is 13.0. The molecule has 0 radical (unpaired) electrons. The highest BCUT2D eigenvalue weighted by Crippen LogP contribution is 2.19. The molecule has 0 saturated heterocycles. The SMILES string of the molecule is CC(C)c1cccc(NCc2cn(C(C)(C)C)nn2)c1. The summed E-state index contributed by atoms with van der Waals surface area (Å²) in [6.07, 6.45) is 2.00. The van der Waals surface area contributed by atoms with E-state index in [1.165, 1.54) is 5.56 Å². The first-order chi connectivity index (χ1) is 9.36. The molecule has 1 N–H and O–H groups in total. The van der Waals surface area contributed by atoms with Gasteiger partial charge in [0.1, 0.15) is 5.69 Å². The number of hydrogen-bond acceptors (Lipinski definition) is 3. The molecule has 0 aliphatic rings. The van der Waals surface area contributed by atoms with Crippen molar-refractivity contribution in [3.05, 3.63) is 41.7 Å². The van der Waals surface area contributed by atoms with E-state index in [9.17, 15) is 0 Å². The molecule has 4 heteroatoms. The van der Waals surface area contributed by atoms with Gasteiger partial charge in [0.15, 0.2) is 0 Å². The minimum atomic E-state index is -0.0250. The van der Waals surface area contributed by atoms with E-state index in [0.717, 1.165) is 11.4 Å². The highest BCUT2D eigenvalue weighted by Gasteiger charge is 2.14. The maximum atomic E-state index is 4.21. The zero-order chi connectivity index (χ0) is 14.8. The topological polar surface area (TPSA) is 42.7 Å². The van der Waals surface area contributed by atoms with Gasteiger partial charge in [-0.25, -0.2) is 4.68 Å². The molecule has 0 aliphatic carbocycles. The highest BCUT2D eigenvalue weighted by molar-refractivity contribution is 5.46. The number of nitrogens with zero attached hydrogens (tertiary/aromatic N) is 3. The van der Waals surface area contributed by atoms with E-state index in [0.29, 0.717) is 12.5 Å². The Morgan fingerprint density at radius 2 is 2.00 bits per heavy atom. The van der Waals surface area contributed by atoms with Gasteiger partial charge in [-0.3, -0.25) is 0 Å². The Hall–Kier alpha value is -1.84. The van der Waals surface area contributed by atoms with Crippen molar-refractivity contribution in [2.24, 2.45) is 0 Å². The molecule has 1 aromatic heterocycles. The van der Waals surface area contributed by atoms with Crippen molar-refractivity contribution in [2.45, 2.75) is 52.6 Å². The Balaban J connectivity index is 2.02. The molecular formula is C16H24N4. The molecule has 20 heavy (non-hydrogen) atoms. The van der Waals surface area contributed by atoms with Gasteiger partial charge in [0, 0.05) is 5.69 Å². The minimum Gasteiger partial charge on any atom is -0.379 e. The van der Waals surface area contributed by atoms with E-state index in [1.54, 1.807) is 0 Å². The first kappa shape index (κ1) is 14.6. The van der Waals surface area contributed by atoms with Gasteiger partial charge in [-0.05, 0) is 44.4 Å². The number of nitrogens with one attached hydrogen (secondary N) is 1. The molecule has 0 bridgehead atoms. The van der Waals surface area contributed by atoms with Crippen molar-refractivity contribution in [3.8, 4) is 0 Å². The van der Waals surface area contributed by atoms with Gasteiger partial charge in [0.25, 0.3) is 0 Å². The van der Waals surface area contributed by atoms with Gasteiger partial charge < -0.3 is 5.32 Å². The molecule has 0 unspecified atom stereocenters. The standard InChI is InChI=1S/C16H24N4/c1-12(2)13-7-6-8-14(9-13)17-10-15-11-20(19-18-15)16(3,4)5/h6-9,11-12,17H,10H2,1-5H3. The average molecular weight is 272 g/mol. The first-order valence-corrected chi connectivity index (χ1v) is 7.12. The molecule has 0 amide bonds. The molecule has 4 nitrogen and oxygen atoms in total. The first-order valence-electron chi connectivity index (χ1n) is 7.12. The normalized spacial score (nSPS) is 11.9. The van der Waals surface area contributed by atoms with Gasteiger partial charge in [-0.1, -0.05) is 31.2 Å². The van der Waals surface area contributed by atoms with Gasteiger partial charge in [-0.2, -0.15) is 0 Å². The summed E-state index contributed by atoms with van der Waals surface area (Å²) in [5.41, 5.74) is 3.40. The highest BCUT2D eigenvalue weighted by atomic mass is 15.4. The summed E-state index contributed by atoms with van der Waals surface area (Å²) in [6, 6.07) is 8.52. The van der Waals surface area contributed by atoms with Crippen LogP contribution in [0.25, 0.3) is 0 Å². The largest absolute Gasteiger partial charge is 0.379 e. The van der Waals surface area contributed by atoms with Crippen molar-refractivity contribution in [1.82, 2.24) is 15.0 Å². The third kappa shape index (κ3) is 3.59. The second-order valence-corrected chi connectivity index (χ2v) is 6.46. The molecule has 0 aliphatic heterocycles. The van der Waals surface area contributed by atoms with E-state index in [-0.39, 0.29) is 5.54 Å². The Labute approximate surface area is 121 Å². The summed E-state index contributed by atoms with van der Waals surface area (Å²) in [4.78, 5) is 0. The van der Waals surface area contributed by atoms with Crippen LogP contribution in [0.15, 0.2) is 30.5 Å². The quantitative estimate of drug-likeness (QED) is 0.921. The van der Waals surface area contributed by atoms with Crippen LogP contribution < -0.4 is 5.32 Å². The number of hydrogen-bond donors (Lipinski definition) is 1. The molecule has 0 saturated carbocycles. The van der Waals surface area contributed by atoms with Crippen LogP contribution in [0.2, 0.25) is 0 Å². The van der Waals surface area contributed by atoms with Gasteiger partial charge in [0.05, 0.1) is 18.3 Å². The van der Waals surface area contributed by atoms with Crippen LogP contribution in [-0.4, -0.2) is 15.0 Å². The van der Waals surface area contributed by atoms with E-state index in [1.807, 2.05) is 10.9 Å². The average Bonchev–Trinajstić information content (AvgIpc) is 2.85. The lowest BCUT2D eigenvalue weighted by Gasteiger charge is -2.17. The smallest absolute Gasteiger partial charge is 0.102 e. The summed E-state index contributed by atoms with van der Waals surface area (Å²) in [6.45, 7) is 11.4. The van der Waals surface area contributed by atoms with Gasteiger partial charge in [-0.15, -0.1) is 5.10 Å². The van der Waals surface area contributed by atoms with Crippen LogP contribution >= 0.6 is 0 Å². The summed E-state index contributed by atoms with van der Waals surface area (Å²) < 4.78 is 1.90. The molecule has 108 valence electrons. The molecule has 2 rings (SSSR count). The predicted octanol–water partition coefficient (Wildman–Crippen LogP) is 3.77. The lowest BCUT2D eigenvalue weighted by atomic mass is 10.0. The summed E-state index contributed by atoms with van der Waals surface area (Å²) in [5.74, 6) is 0.540. The second-order valence-electron chi connectivity index (χ2n) is 6.46. The molecular weight excluding hydrogens is 248 g/mol. The Morgan fingerprint density at radius 3 is 2.60 bits per heavy atom. The van der Waals surface area contributed by atoms with Crippen LogP contribution in [-0.2, 0) is 12.1 Å². The van der Waals surface area contributed by atoms with E-state index in [2.05, 4.69) is 74.5 Å². The Bertz CT molecular complexity index is 564. The van der Waals surface area contributed by atoms with Crippen LogP contribution in [0.4, 0.5) is 5.69 Å². The van der Waals surface area contributed by atoms with Gasteiger partial charge >= 0.3 is 0 Å². The van der Waals surface area contributed by atoms with Crippen LogP contribution in [0.5, 0.6) is 0 Å². The predicted molar refractivity (Wildman–Crippen MR) is 82.9 cm³/mol. The fraction of sp³-hybridized carbons (Fsp3) is 0.500. The monoisotopic (exact) mass is 272 g/mol. The van der Waals surface area contributed by atoms with Crippen molar-refractivity contribution in [3.63, 3.8) is 0 Å². The molecule has 1 heterocycles.